The molecular weight excluding hydrogens is 262 g/mol. The summed E-state index contributed by atoms with van der Waals surface area (Å²) in [5.74, 6) is 0.403. The maximum absolute atomic E-state index is 12.0. The van der Waals surface area contributed by atoms with Crippen LogP contribution in [0.1, 0.15) is 15.9 Å². The molecule has 3 aromatic rings. The molecule has 104 valence electrons. The lowest BCUT2D eigenvalue weighted by Crippen LogP contribution is -2.12. The van der Waals surface area contributed by atoms with Crippen molar-refractivity contribution in [1.82, 2.24) is 9.78 Å². The fraction of sp³-hybridized carbons (Fsp3) is 0.0588. The summed E-state index contributed by atoms with van der Waals surface area (Å²) in [7, 11) is 0. The van der Waals surface area contributed by atoms with E-state index in [1.54, 1.807) is 22.9 Å². The zero-order valence-corrected chi connectivity index (χ0v) is 11.4. The predicted octanol–water partition coefficient (Wildman–Crippen LogP) is 3.18. The number of nitrogens with one attached hydrogen (secondary N) is 1. The number of benzene rings is 2. The van der Waals surface area contributed by atoms with Crippen molar-refractivity contribution in [1.29, 1.82) is 0 Å². The number of carbonyl (C=O) groups excluding carboxylic acids is 1. The molecule has 1 amide bonds. The summed E-state index contributed by atoms with van der Waals surface area (Å²) in [6.45, 7) is 0.683. The quantitative estimate of drug-likeness (QED) is 0.796. The van der Waals surface area contributed by atoms with Crippen LogP contribution in [-0.4, -0.2) is 15.7 Å². The molecule has 0 radical (unpaired) electrons. The van der Waals surface area contributed by atoms with Crippen molar-refractivity contribution in [3.63, 3.8) is 0 Å². The van der Waals surface area contributed by atoms with Crippen molar-refractivity contribution >= 4 is 11.7 Å². The minimum Gasteiger partial charge on any atom is -0.305 e. The molecule has 4 heteroatoms. The lowest BCUT2D eigenvalue weighted by molar-refractivity contribution is 0.102. The number of carbonyl (C=O) groups is 1. The first-order valence-electron chi connectivity index (χ1n) is 6.75. The molecule has 0 atom stereocenters. The lowest BCUT2D eigenvalue weighted by Gasteiger charge is -2.03. The second kappa shape index (κ2) is 6.05. The van der Waals surface area contributed by atoms with Gasteiger partial charge in [-0.25, -0.2) is 0 Å². The summed E-state index contributed by atoms with van der Waals surface area (Å²) in [6.07, 6.45) is 1.85. The Bertz CT molecular complexity index is 720. The summed E-state index contributed by atoms with van der Waals surface area (Å²) < 4.78 is 1.80. The first kappa shape index (κ1) is 13.1. The minimum absolute atomic E-state index is 0.152. The van der Waals surface area contributed by atoms with Crippen molar-refractivity contribution in [2.24, 2.45) is 0 Å². The molecule has 21 heavy (non-hydrogen) atoms. The maximum atomic E-state index is 12.0. The molecule has 0 aliphatic carbocycles. The smallest absolute Gasteiger partial charge is 0.256 e. The number of aromatic nitrogens is 2. The van der Waals surface area contributed by atoms with E-state index in [2.05, 4.69) is 10.4 Å². The molecule has 0 aliphatic rings. The molecule has 0 bridgehead atoms. The molecular formula is C17H15N3O. The summed E-state index contributed by atoms with van der Waals surface area (Å²) in [5.41, 5.74) is 1.79. The zero-order valence-electron chi connectivity index (χ0n) is 11.4. The Morgan fingerprint density at radius 2 is 1.62 bits per heavy atom. The highest BCUT2D eigenvalue weighted by atomic mass is 16.1. The first-order chi connectivity index (χ1) is 10.3. The first-order valence-corrected chi connectivity index (χ1v) is 6.75. The molecule has 3 rings (SSSR count). The van der Waals surface area contributed by atoms with Gasteiger partial charge in [-0.15, -0.1) is 0 Å². The van der Waals surface area contributed by atoms with Gasteiger partial charge in [0, 0.05) is 17.8 Å². The molecule has 2 aromatic carbocycles. The molecule has 0 fully saturated rings. The topological polar surface area (TPSA) is 46.9 Å². The normalized spacial score (nSPS) is 10.3. The number of rotatable bonds is 4. The van der Waals surface area contributed by atoms with Crippen LogP contribution >= 0.6 is 0 Å². The van der Waals surface area contributed by atoms with Crippen LogP contribution in [0.3, 0.4) is 0 Å². The average Bonchev–Trinajstić information content (AvgIpc) is 2.96. The third-order valence-corrected chi connectivity index (χ3v) is 3.11. The largest absolute Gasteiger partial charge is 0.305 e. The van der Waals surface area contributed by atoms with E-state index in [1.165, 1.54) is 5.56 Å². The van der Waals surface area contributed by atoms with Crippen LogP contribution in [0.4, 0.5) is 5.82 Å². The van der Waals surface area contributed by atoms with Crippen LogP contribution < -0.4 is 5.32 Å². The zero-order chi connectivity index (χ0) is 14.5. The highest BCUT2D eigenvalue weighted by Gasteiger charge is 2.07. The molecule has 1 heterocycles. The molecule has 0 aliphatic heterocycles. The Kier molecular flexibility index (Phi) is 3.78. The van der Waals surface area contributed by atoms with E-state index in [-0.39, 0.29) is 5.91 Å². The van der Waals surface area contributed by atoms with Crippen LogP contribution in [-0.2, 0) is 6.54 Å². The molecule has 0 spiro atoms. The van der Waals surface area contributed by atoms with Gasteiger partial charge in [-0.2, -0.15) is 5.10 Å². The molecule has 0 saturated carbocycles. The Labute approximate surface area is 123 Å². The van der Waals surface area contributed by atoms with Crippen LogP contribution in [0, 0.1) is 0 Å². The van der Waals surface area contributed by atoms with Gasteiger partial charge < -0.3 is 5.32 Å². The SMILES string of the molecule is O=C(Nc1ccn(Cc2ccccc2)n1)c1ccccc1. The van der Waals surface area contributed by atoms with Crippen molar-refractivity contribution in [2.75, 3.05) is 5.32 Å². The van der Waals surface area contributed by atoms with Gasteiger partial charge in [0.05, 0.1) is 6.54 Å². The highest BCUT2D eigenvalue weighted by Crippen LogP contribution is 2.08. The van der Waals surface area contributed by atoms with E-state index >= 15 is 0 Å². The molecule has 1 aromatic heterocycles. The number of anilines is 1. The average molecular weight is 277 g/mol. The Balaban J connectivity index is 1.67. The Hall–Kier alpha value is -2.88. The second-order valence-electron chi connectivity index (χ2n) is 4.70. The van der Waals surface area contributed by atoms with Crippen molar-refractivity contribution < 1.29 is 4.79 Å². The van der Waals surface area contributed by atoms with Gasteiger partial charge in [-0.3, -0.25) is 9.48 Å². The van der Waals surface area contributed by atoms with Gasteiger partial charge in [0.15, 0.2) is 5.82 Å². The second-order valence-corrected chi connectivity index (χ2v) is 4.70. The van der Waals surface area contributed by atoms with Gasteiger partial charge in [-0.05, 0) is 17.7 Å². The third kappa shape index (κ3) is 3.36. The Morgan fingerprint density at radius 3 is 2.33 bits per heavy atom. The number of nitrogens with zero attached hydrogens (tertiary/aromatic N) is 2. The van der Waals surface area contributed by atoms with E-state index in [1.807, 2.05) is 54.7 Å². The van der Waals surface area contributed by atoms with E-state index in [9.17, 15) is 4.79 Å². The number of hydrogen-bond donors (Lipinski definition) is 1. The predicted molar refractivity (Wildman–Crippen MR) is 82.2 cm³/mol. The van der Waals surface area contributed by atoms with E-state index < -0.39 is 0 Å². The number of hydrogen-bond acceptors (Lipinski definition) is 2. The third-order valence-electron chi connectivity index (χ3n) is 3.11. The van der Waals surface area contributed by atoms with Gasteiger partial charge in [0.2, 0.25) is 0 Å². The monoisotopic (exact) mass is 277 g/mol. The molecule has 0 saturated heterocycles. The fourth-order valence-electron chi connectivity index (χ4n) is 2.06. The fourth-order valence-corrected chi connectivity index (χ4v) is 2.06. The standard InChI is InChI=1S/C17H15N3O/c21-17(15-9-5-2-6-10-15)18-16-11-12-20(19-16)13-14-7-3-1-4-8-14/h1-12H,13H2,(H,18,19,21). The molecule has 0 unspecified atom stereocenters. The lowest BCUT2D eigenvalue weighted by atomic mass is 10.2. The number of amides is 1. The van der Waals surface area contributed by atoms with E-state index in [0.717, 1.165) is 0 Å². The molecule has 1 N–H and O–H groups in total. The van der Waals surface area contributed by atoms with Crippen LogP contribution in [0.25, 0.3) is 0 Å². The molecule has 4 nitrogen and oxygen atoms in total. The highest BCUT2D eigenvalue weighted by molar-refractivity contribution is 6.03. The van der Waals surface area contributed by atoms with Gasteiger partial charge in [0.1, 0.15) is 0 Å². The Morgan fingerprint density at radius 1 is 0.952 bits per heavy atom. The summed E-state index contributed by atoms with van der Waals surface area (Å²) >= 11 is 0. The van der Waals surface area contributed by atoms with Crippen molar-refractivity contribution in [3.05, 3.63) is 84.1 Å². The van der Waals surface area contributed by atoms with Crippen molar-refractivity contribution in [2.45, 2.75) is 6.54 Å². The van der Waals surface area contributed by atoms with Crippen LogP contribution in [0.5, 0.6) is 0 Å². The minimum atomic E-state index is -0.152. The maximum Gasteiger partial charge on any atom is 0.256 e. The van der Waals surface area contributed by atoms with Gasteiger partial charge in [-0.1, -0.05) is 48.5 Å². The van der Waals surface area contributed by atoms with E-state index in [0.29, 0.717) is 17.9 Å². The summed E-state index contributed by atoms with van der Waals surface area (Å²) in [6, 6.07) is 21.0. The summed E-state index contributed by atoms with van der Waals surface area (Å²) in [5, 5.41) is 7.15. The summed E-state index contributed by atoms with van der Waals surface area (Å²) in [4.78, 5) is 12.0. The van der Waals surface area contributed by atoms with Crippen LogP contribution in [0.15, 0.2) is 72.9 Å². The van der Waals surface area contributed by atoms with Gasteiger partial charge in [0.25, 0.3) is 5.91 Å². The van der Waals surface area contributed by atoms with Gasteiger partial charge >= 0.3 is 0 Å². The van der Waals surface area contributed by atoms with E-state index in [4.69, 9.17) is 0 Å². The van der Waals surface area contributed by atoms with Crippen LogP contribution in [0.2, 0.25) is 0 Å². The van der Waals surface area contributed by atoms with Crippen molar-refractivity contribution in [3.8, 4) is 0 Å².